The zero-order valence-electron chi connectivity index (χ0n) is 9.62. The first-order valence-corrected chi connectivity index (χ1v) is 7.12. The van der Waals surface area contributed by atoms with E-state index in [4.69, 9.17) is 18.3 Å². The maximum Gasteiger partial charge on any atom is 0.366 e. The predicted octanol–water partition coefficient (Wildman–Crippen LogP) is 1.08. The number of hydrogen-bond donors (Lipinski definition) is 0. The molecule has 0 amide bonds. The normalized spacial score (nSPS) is 22.5. The van der Waals surface area contributed by atoms with Crippen LogP contribution in [0, 0.1) is 0 Å². The average Bonchev–Trinajstić information content (AvgIpc) is 2.96. The van der Waals surface area contributed by atoms with E-state index in [1.807, 2.05) is 20.4 Å². The highest BCUT2D eigenvalue weighted by Gasteiger charge is 2.48. The second-order valence-corrected chi connectivity index (χ2v) is 8.04. The first kappa shape index (κ1) is 12.1. The Morgan fingerprint density at radius 3 is 2.21 bits per heavy atom. The summed E-state index contributed by atoms with van der Waals surface area (Å²) in [5.41, 5.74) is 0. The van der Waals surface area contributed by atoms with Crippen LogP contribution < -0.4 is 0 Å². The molecule has 1 atom stereocenters. The molecule has 0 radical (unpaired) electrons. The van der Waals surface area contributed by atoms with Crippen LogP contribution in [0.3, 0.4) is 0 Å². The summed E-state index contributed by atoms with van der Waals surface area (Å²) >= 11 is 0. The molecule has 84 valence electrons. The van der Waals surface area contributed by atoms with Gasteiger partial charge in [0.1, 0.15) is 11.3 Å². The maximum atomic E-state index is 5.79. The largest absolute Gasteiger partial charge is 0.396 e. The molecule has 0 aromatic heterocycles. The van der Waals surface area contributed by atoms with Crippen molar-refractivity contribution in [2.24, 2.45) is 0 Å². The molecular weight excluding hydrogens is 200 g/mol. The van der Waals surface area contributed by atoms with Crippen LogP contribution in [0.25, 0.3) is 0 Å². The van der Waals surface area contributed by atoms with Crippen molar-refractivity contribution in [1.82, 2.24) is 0 Å². The van der Waals surface area contributed by atoms with Gasteiger partial charge in [0.05, 0.1) is 13.2 Å². The van der Waals surface area contributed by atoms with Crippen molar-refractivity contribution in [3.8, 4) is 0 Å². The molecule has 0 bridgehead atoms. The van der Waals surface area contributed by atoms with Crippen molar-refractivity contribution in [3.63, 3.8) is 0 Å². The minimum Gasteiger partial charge on any atom is -0.396 e. The van der Waals surface area contributed by atoms with E-state index in [1.54, 1.807) is 14.2 Å². The van der Waals surface area contributed by atoms with Crippen LogP contribution in [0.1, 0.15) is 13.8 Å². The Hall–Kier alpha value is 0.0569. The fourth-order valence-electron chi connectivity index (χ4n) is 1.17. The summed E-state index contributed by atoms with van der Waals surface area (Å²) in [5, 5.41) is -0.359. The van der Waals surface area contributed by atoms with Crippen molar-refractivity contribution < 1.29 is 18.3 Å². The highest BCUT2D eigenvalue weighted by Crippen LogP contribution is 2.26. The number of hydrogen-bond acceptors (Lipinski definition) is 4. The summed E-state index contributed by atoms with van der Waals surface area (Å²) in [6.07, 6.45) is 0.279. The molecule has 14 heavy (non-hydrogen) atoms. The highest BCUT2D eigenvalue weighted by atomic mass is 28.4. The maximum absolute atomic E-state index is 5.79. The van der Waals surface area contributed by atoms with Crippen LogP contribution in [0.5, 0.6) is 0 Å². The van der Waals surface area contributed by atoms with Crippen LogP contribution in [-0.4, -0.2) is 47.3 Å². The topological polar surface area (TPSA) is 40.2 Å². The fraction of sp³-hybridized carbons (Fsp3) is 1.00. The smallest absolute Gasteiger partial charge is 0.366 e. The molecule has 4 nitrogen and oxygen atoms in total. The van der Waals surface area contributed by atoms with Crippen molar-refractivity contribution in [1.29, 1.82) is 0 Å². The number of ether oxygens (including phenoxy) is 2. The SMILES string of the molecule is CO[Si](C)(OC)C(C)(C)OCC1CO1. The second-order valence-electron chi connectivity index (χ2n) is 4.13. The number of rotatable bonds is 6. The highest BCUT2D eigenvalue weighted by molar-refractivity contribution is 6.68. The second kappa shape index (κ2) is 4.28. The van der Waals surface area contributed by atoms with Crippen LogP contribution >= 0.6 is 0 Å². The molecule has 1 heterocycles. The molecule has 1 aliphatic rings. The number of epoxide rings is 1. The van der Waals surface area contributed by atoms with Gasteiger partial charge in [-0.05, 0) is 20.4 Å². The summed E-state index contributed by atoms with van der Waals surface area (Å²) in [5.74, 6) is 0. The van der Waals surface area contributed by atoms with Gasteiger partial charge in [-0.2, -0.15) is 0 Å². The Bertz CT molecular complexity index is 187. The molecule has 5 heteroatoms. The van der Waals surface area contributed by atoms with E-state index >= 15 is 0 Å². The average molecular weight is 220 g/mol. The summed E-state index contributed by atoms with van der Waals surface area (Å²) < 4.78 is 21.8. The lowest BCUT2D eigenvalue weighted by Crippen LogP contribution is -2.58. The zero-order valence-corrected chi connectivity index (χ0v) is 10.6. The van der Waals surface area contributed by atoms with E-state index < -0.39 is 8.56 Å². The van der Waals surface area contributed by atoms with E-state index in [2.05, 4.69) is 0 Å². The molecule has 0 spiro atoms. The van der Waals surface area contributed by atoms with Crippen LogP contribution in [0.4, 0.5) is 0 Å². The van der Waals surface area contributed by atoms with Gasteiger partial charge in [0.25, 0.3) is 0 Å². The first-order valence-electron chi connectivity index (χ1n) is 4.81. The van der Waals surface area contributed by atoms with Gasteiger partial charge >= 0.3 is 8.56 Å². The minimum absolute atomic E-state index is 0.279. The van der Waals surface area contributed by atoms with Gasteiger partial charge < -0.3 is 18.3 Å². The van der Waals surface area contributed by atoms with Crippen LogP contribution in [0.15, 0.2) is 0 Å². The van der Waals surface area contributed by atoms with Gasteiger partial charge in [-0.1, -0.05) is 0 Å². The van der Waals surface area contributed by atoms with Gasteiger partial charge in [0.15, 0.2) is 0 Å². The molecule has 1 unspecified atom stereocenters. The van der Waals surface area contributed by atoms with Crippen LogP contribution in [-0.2, 0) is 18.3 Å². The lowest BCUT2D eigenvalue weighted by molar-refractivity contribution is -0.00612. The Balaban J connectivity index is 2.50. The third kappa shape index (κ3) is 2.55. The minimum atomic E-state index is -2.24. The molecule has 0 aliphatic carbocycles. The van der Waals surface area contributed by atoms with Crippen molar-refractivity contribution >= 4 is 8.56 Å². The summed E-state index contributed by atoms with van der Waals surface area (Å²) in [6, 6.07) is 0. The summed E-state index contributed by atoms with van der Waals surface area (Å²) in [6.45, 7) is 7.46. The predicted molar refractivity (Wildman–Crippen MR) is 55.4 cm³/mol. The Morgan fingerprint density at radius 1 is 1.36 bits per heavy atom. The quantitative estimate of drug-likeness (QED) is 0.496. The third-order valence-corrected chi connectivity index (χ3v) is 6.79. The molecule has 0 saturated carbocycles. The first-order chi connectivity index (χ1) is 6.45. The molecule has 0 aromatic rings. The monoisotopic (exact) mass is 220 g/mol. The van der Waals surface area contributed by atoms with E-state index in [-0.39, 0.29) is 11.3 Å². The molecule has 1 saturated heterocycles. The van der Waals surface area contributed by atoms with Gasteiger partial charge in [-0.15, -0.1) is 0 Å². The van der Waals surface area contributed by atoms with E-state index in [1.165, 1.54) is 0 Å². The van der Waals surface area contributed by atoms with Crippen LogP contribution in [0.2, 0.25) is 6.55 Å². The third-order valence-electron chi connectivity index (χ3n) is 2.91. The lowest BCUT2D eigenvalue weighted by atomic mass is 10.4. The molecular formula is C9H20O4Si. The van der Waals surface area contributed by atoms with Gasteiger partial charge in [-0.25, -0.2) is 0 Å². The molecule has 1 fully saturated rings. The molecule has 0 aromatic carbocycles. The van der Waals surface area contributed by atoms with Crippen molar-refractivity contribution in [3.05, 3.63) is 0 Å². The van der Waals surface area contributed by atoms with Gasteiger partial charge in [-0.3, -0.25) is 0 Å². The zero-order chi connectivity index (χ0) is 10.8. The Morgan fingerprint density at radius 2 is 1.86 bits per heavy atom. The van der Waals surface area contributed by atoms with Gasteiger partial charge in [0, 0.05) is 14.2 Å². The van der Waals surface area contributed by atoms with Gasteiger partial charge in [0.2, 0.25) is 0 Å². The molecule has 0 N–H and O–H groups in total. The Labute approximate surface area is 86.7 Å². The van der Waals surface area contributed by atoms with E-state index in [0.717, 1.165) is 6.61 Å². The van der Waals surface area contributed by atoms with Crippen molar-refractivity contribution in [2.75, 3.05) is 27.4 Å². The summed E-state index contributed by atoms with van der Waals surface area (Å²) in [4.78, 5) is 0. The molecule has 1 rings (SSSR count). The van der Waals surface area contributed by atoms with E-state index in [9.17, 15) is 0 Å². The lowest BCUT2D eigenvalue weighted by Gasteiger charge is -2.38. The fourth-order valence-corrected chi connectivity index (χ4v) is 2.67. The standard InChI is InChI=1S/C9H20O4Si/c1-9(2,13-7-8-6-12-8)14(5,10-3)11-4/h8H,6-7H2,1-5H3. The molecule has 1 aliphatic heterocycles. The van der Waals surface area contributed by atoms with E-state index in [0.29, 0.717) is 6.61 Å². The Kier molecular flexibility index (Phi) is 3.71. The summed E-state index contributed by atoms with van der Waals surface area (Å²) in [7, 11) is 1.11. The van der Waals surface area contributed by atoms with Crippen molar-refractivity contribution in [2.45, 2.75) is 31.7 Å².